The lowest BCUT2D eigenvalue weighted by atomic mass is 9.85. The van der Waals surface area contributed by atoms with E-state index in [4.69, 9.17) is 24.5 Å². The third-order valence-corrected chi connectivity index (χ3v) is 14.2. The monoisotopic (exact) mass is 875 g/mol. The van der Waals surface area contributed by atoms with Crippen molar-refractivity contribution in [3.8, 4) is 0 Å². The van der Waals surface area contributed by atoms with Crippen LogP contribution in [0.25, 0.3) is 0 Å². The van der Waals surface area contributed by atoms with Gasteiger partial charge in [-0.05, 0) is 80.6 Å². The topological polar surface area (TPSA) is 139 Å². The smallest absolute Gasteiger partial charge is 0.321 e. The number of allylic oxidation sites excluding steroid dienone is 11. The molecule has 6 aliphatic rings. The molecule has 1 saturated heterocycles. The van der Waals surface area contributed by atoms with Gasteiger partial charge in [0, 0.05) is 46.4 Å². The molecule has 10 heteroatoms. The molecule has 1 saturated carbocycles. The number of aliphatic hydroxyl groups is 1. The number of hydrogen-bond acceptors (Lipinski definition) is 10. The van der Waals surface area contributed by atoms with Gasteiger partial charge in [-0.3, -0.25) is 14.4 Å². The minimum Gasteiger partial charge on any atom is -0.515 e. The molecule has 64 heavy (non-hydrogen) atoms. The summed E-state index contributed by atoms with van der Waals surface area (Å²) in [4.78, 5) is 56.3. The normalized spacial score (nSPS) is 22.0. The zero-order valence-corrected chi connectivity index (χ0v) is 39.9. The number of nitrogens with zero attached hydrogens (tertiary/aromatic N) is 3. The van der Waals surface area contributed by atoms with Gasteiger partial charge in [-0.25, -0.2) is 15.0 Å². The van der Waals surface area contributed by atoms with Crippen LogP contribution in [0.1, 0.15) is 176 Å². The number of rotatable bonds is 24. The first-order valence-corrected chi connectivity index (χ1v) is 24.7. The van der Waals surface area contributed by atoms with Crippen LogP contribution in [0.3, 0.4) is 0 Å². The van der Waals surface area contributed by atoms with Gasteiger partial charge in [0.25, 0.3) is 0 Å². The molecule has 8 bridgehead atoms. The van der Waals surface area contributed by atoms with Crippen molar-refractivity contribution in [3.63, 3.8) is 0 Å². The number of carbonyl (C=O) groups is 3. The van der Waals surface area contributed by atoms with Gasteiger partial charge in [-0.15, -0.1) is 0 Å². The first-order chi connectivity index (χ1) is 31.0. The number of Topliss-reactive ketones (excluding diaryl/α,β-unsaturated/α-hetero) is 1. The molecule has 10 nitrogen and oxygen atoms in total. The number of ether oxygens (including phenoxy) is 2. The molecule has 0 radical (unpaired) electrons. The second-order valence-corrected chi connectivity index (χ2v) is 18.6. The molecule has 1 aliphatic carbocycles. The van der Waals surface area contributed by atoms with Gasteiger partial charge < -0.3 is 19.9 Å². The fourth-order valence-electron chi connectivity index (χ4n) is 10.2. The van der Waals surface area contributed by atoms with E-state index in [9.17, 15) is 19.5 Å². The number of ketones is 1. The predicted octanol–water partition coefficient (Wildman–Crippen LogP) is 12.6. The molecule has 3 atom stereocenters. The summed E-state index contributed by atoms with van der Waals surface area (Å²) < 4.78 is 11.0. The average Bonchev–Trinajstić information content (AvgIpc) is 4.03. The van der Waals surface area contributed by atoms with Crippen LogP contribution < -0.4 is 5.32 Å². The Balaban J connectivity index is 1.10. The highest BCUT2D eigenvalue weighted by Crippen LogP contribution is 2.47. The molecule has 0 unspecified atom stereocenters. The summed E-state index contributed by atoms with van der Waals surface area (Å²) in [5, 5.41) is 14.0. The zero-order valence-electron chi connectivity index (χ0n) is 39.9. The molecule has 0 spiro atoms. The summed E-state index contributed by atoms with van der Waals surface area (Å²) in [7, 11) is 1.30. The van der Waals surface area contributed by atoms with Gasteiger partial charge in [0.05, 0.1) is 54.2 Å². The highest BCUT2D eigenvalue weighted by molar-refractivity contribution is 6.42. The number of aliphatic imine (C=N–C) groups is 3. The quantitative estimate of drug-likeness (QED) is 0.0426. The number of hydrogen-bond donors (Lipinski definition) is 2. The van der Waals surface area contributed by atoms with Crippen molar-refractivity contribution in [2.24, 2.45) is 32.7 Å². The van der Waals surface area contributed by atoms with E-state index in [0.29, 0.717) is 63.8 Å². The molecule has 0 amide bonds. The zero-order chi connectivity index (χ0) is 45.8. The molecule has 346 valence electrons. The van der Waals surface area contributed by atoms with Crippen LogP contribution in [0.15, 0.2) is 107 Å². The van der Waals surface area contributed by atoms with Gasteiger partial charge in [0.2, 0.25) is 0 Å². The van der Waals surface area contributed by atoms with E-state index in [2.05, 4.69) is 26.1 Å². The van der Waals surface area contributed by atoms with E-state index in [0.717, 1.165) is 65.8 Å². The van der Waals surface area contributed by atoms with Gasteiger partial charge >= 0.3 is 11.9 Å². The Labute approximate surface area is 382 Å². The van der Waals surface area contributed by atoms with E-state index >= 15 is 0 Å². The standard InChI is InChI=1S/C54H74N4O6/c1-8-10-11-12-13-14-15-16-17-18-19-20-21-22-23-24-25-26-29-64-47(60)28-27-39-35(4)43-30-41-36(5)40(33-59)46(56-41)31-42-34(3)38(9-2)45(55-42)32-44-37(6)48-52(58-44)49(51(39)57-43)50(53(48)61)54(62)63-7/h30-33,35,39,50,57,59H,8-29H2,1-7H3/b40-33+,42-31?,43-30?,44-32?,51-49?/t35-,39-,50+/m0/s1. The lowest BCUT2D eigenvalue weighted by molar-refractivity contribution is -0.146. The number of nitrogens with one attached hydrogen (secondary N) is 1. The second-order valence-electron chi connectivity index (χ2n) is 18.6. The maximum absolute atomic E-state index is 14.3. The maximum atomic E-state index is 14.3. The van der Waals surface area contributed by atoms with Gasteiger partial charge in [0.1, 0.15) is 5.92 Å². The first-order valence-electron chi connectivity index (χ1n) is 24.7. The number of unbranched alkanes of at least 4 members (excludes halogenated alkanes) is 17. The molecule has 2 fully saturated rings. The summed E-state index contributed by atoms with van der Waals surface area (Å²) in [5.41, 5.74) is 10.4. The van der Waals surface area contributed by atoms with Crippen molar-refractivity contribution < 1.29 is 29.0 Å². The molecule has 0 aromatic rings. The van der Waals surface area contributed by atoms with Crippen molar-refractivity contribution in [2.75, 3.05) is 13.7 Å². The van der Waals surface area contributed by atoms with Crippen molar-refractivity contribution in [2.45, 2.75) is 176 Å². The summed E-state index contributed by atoms with van der Waals surface area (Å²) in [5.74, 6) is -2.88. The Bertz CT molecular complexity index is 2170. The van der Waals surface area contributed by atoms with Crippen LogP contribution in [-0.2, 0) is 23.9 Å². The van der Waals surface area contributed by atoms with Crippen molar-refractivity contribution in [1.29, 1.82) is 0 Å². The first kappa shape index (κ1) is 48.6. The Morgan fingerprint density at radius 1 is 0.750 bits per heavy atom. The summed E-state index contributed by atoms with van der Waals surface area (Å²) in [6.45, 7) is 12.7. The maximum Gasteiger partial charge on any atom is 0.321 e. The van der Waals surface area contributed by atoms with E-state index in [1.807, 2.05) is 39.0 Å². The van der Waals surface area contributed by atoms with Crippen molar-refractivity contribution in [3.05, 3.63) is 92.0 Å². The van der Waals surface area contributed by atoms with Crippen LogP contribution in [0.5, 0.6) is 0 Å². The largest absolute Gasteiger partial charge is 0.515 e. The Morgan fingerprint density at radius 2 is 1.33 bits per heavy atom. The molecule has 6 rings (SSSR count). The number of carbonyl (C=O) groups excluding carboxylic acids is 3. The Hall–Kier alpha value is -4.86. The third kappa shape index (κ3) is 11.1. The number of fused-ring (bicyclic) bond motifs is 5. The van der Waals surface area contributed by atoms with Gasteiger partial charge in [0.15, 0.2) is 5.78 Å². The molecule has 5 aliphatic heterocycles. The SMILES string of the molecule is CCCCCCCCCCCCCCCCCCCCOC(=O)CC[C@@H]1C2=C3C4=NC(=CC5=NC(=CC6=NC(=C(C)/C6=C\O)C=C(N2)[C@H]1C)C(C)=C5CC)C(C)=C4C(=O)[C@@H]3C(=O)OC. The molecule has 2 N–H and O–H groups in total. The van der Waals surface area contributed by atoms with E-state index in [1.165, 1.54) is 103 Å². The van der Waals surface area contributed by atoms with E-state index in [1.54, 1.807) is 0 Å². The fourth-order valence-corrected chi connectivity index (χ4v) is 10.2. The van der Waals surface area contributed by atoms with E-state index < -0.39 is 11.9 Å². The molecular formula is C54H74N4O6. The average molecular weight is 875 g/mol. The Kier molecular flexibility index (Phi) is 17.7. The molecule has 5 heterocycles. The van der Waals surface area contributed by atoms with Gasteiger partial charge in [-0.2, -0.15) is 0 Å². The van der Waals surface area contributed by atoms with Crippen molar-refractivity contribution in [1.82, 2.24) is 5.32 Å². The molecule has 0 aromatic heterocycles. The summed E-state index contributed by atoms with van der Waals surface area (Å²) >= 11 is 0. The van der Waals surface area contributed by atoms with E-state index in [-0.39, 0.29) is 30.0 Å². The summed E-state index contributed by atoms with van der Waals surface area (Å²) in [6, 6.07) is 0. The predicted molar refractivity (Wildman–Crippen MR) is 258 cm³/mol. The minimum absolute atomic E-state index is 0.154. The molecule has 0 aromatic carbocycles. The van der Waals surface area contributed by atoms with Crippen LogP contribution in [0.4, 0.5) is 0 Å². The minimum atomic E-state index is -1.20. The third-order valence-electron chi connectivity index (χ3n) is 14.2. The highest BCUT2D eigenvalue weighted by atomic mass is 16.5. The van der Waals surface area contributed by atoms with Crippen LogP contribution in [0.2, 0.25) is 0 Å². The van der Waals surface area contributed by atoms with Crippen LogP contribution in [0, 0.1) is 17.8 Å². The fraction of sp³-hybridized carbons (Fsp3) is 0.593. The summed E-state index contributed by atoms with van der Waals surface area (Å²) in [6.07, 6.45) is 31.7. The number of methoxy groups -OCH3 is 1. The lowest BCUT2D eigenvalue weighted by Gasteiger charge is -2.19. The van der Waals surface area contributed by atoms with Gasteiger partial charge in [-0.1, -0.05) is 130 Å². The number of esters is 2. The highest BCUT2D eigenvalue weighted by Gasteiger charge is 2.51. The number of aliphatic hydroxyl groups excluding tert-OH is 1. The van der Waals surface area contributed by atoms with Crippen molar-refractivity contribution >= 4 is 34.9 Å². The Morgan fingerprint density at radius 3 is 1.91 bits per heavy atom. The van der Waals surface area contributed by atoms with Crippen LogP contribution in [-0.4, -0.2) is 53.7 Å². The molecular weight excluding hydrogens is 801 g/mol. The van der Waals surface area contributed by atoms with Crippen LogP contribution >= 0.6 is 0 Å². The second kappa shape index (κ2) is 23.4. The lowest BCUT2D eigenvalue weighted by Crippen LogP contribution is -2.26.